The summed E-state index contributed by atoms with van der Waals surface area (Å²) in [4.78, 5) is 13.7. The number of fused-ring (bicyclic) bond motifs is 2. The Morgan fingerprint density at radius 1 is 1.11 bits per heavy atom. The third-order valence-corrected chi connectivity index (χ3v) is 6.98. The lowest BCUT2D eigenvalue weighted by Gasteiger charge is -2.43. The monoisotopic (exact) mass is 508 g/mol. The highest BCUT2D eigenvalue weighted by Crippen LogP contribution is 2.40. The zero-order valence-electron chi connectivity index (χ0n) is 21.0. The standard InChI is InChI=1S/C27H28N10O/c1-35-14-11-25(34-35)29-12-4-7-24-30-13-10-26(31-24)36-16-18-8-9-19(17-36)37(18)22-15-21(32-33-27(22)28)20-5-2-3-6-23(20)38/h2-3,5-6,10-11,13-15,18-19,38H,8-9,12,16-17H2,1H3,(H2,28,33)(H,29,34). The lowest BCUT2D eigenvalue weighted by molar-refractivity contribution is 0.477. The van der Waals surface area contributed by atoms with E-state index < -0.39 is 0 Å². The first kappa shape index (κ1) is 23.5. The van der Waals surface area contributed by atoms with Gasteiger partial charge in [-0.2, -0.15) is 5.10 Å². The number of nitrogen functional groups attached to an aromatic ring is 1. The summed E-state index contributed by atoms with van der Waals surface area (Å²) in [5, 5.41) is 26.2. The fourth-order valence-corrected chi connectivity index (χ4v) is 5.26. The Hall–Kier alpha value is -4.85. The molecule has 0 spiro atoms. The first-order chi connectivity index (χ1) is 18.5. The van der Waals surface area contributed by atoms with E-state index in [4.69, 9.17) is 10.7 Å². The number of hydrogen-bond donors (Lipinski definition) is 3. The molecule has 11 heteroatoms. The van der Waals surface area contributed by atoms with Gasteiger partial charge >= 0.3 is 0 Å². The van der Waals surface area contributed by atoms with Gasteiger partial charge in [-0.3, -0.25) is 4.68 Å². The Labute approximate surface area is 220 Å². The van der Waals surface area contributed by atoms with E-state index >= 15 is 0 Å². The van der Waals surface area contributed by atoms with E-state index in [1.54, 1.807) is 23.0 Å². The van der Waals surface area contributed by atoms with Crippen LogP contribution in [0.2, 0.25) is 0 Å². The number of aromatic hydroxyl groups is 1. The molecule has 2 bridgehead atoms. The van der Waals surface area contributed by atoms with Crippen LogP contribution in [0.3, 0.4) is 0 Å². The largest absolute Gasteiger partial charge is 0.507 e. The van der Waals surface area contributed by atoms with E-state index in [0.717, 1.165) is 43.3 Å². The van der Waals surface area contributed by atoms with E-state index in [-0.39, 0.29) is 17.8 Å². The maximum Gasteiger partial charge on any atom is 0.206 e. The van der Waals surface area contributed by atoms with Crippen LogP contribution in [0.25, 0.3) is 11.3 Å². The Balaban J connectivity index is 1.17. The molecule has 192 valence electrons. The SMILES string of the molecule is Cn1ccc(NCC#Cc2nccc(N3CC4CCC(C3)N4c3cc(-c4ccccc4O)nnc3N)n2)n1. The molecule has 2 aliphatic rings. The van der Waals surface area contributed by atoms with Crippen molar-refractivity contribution in [1.29, 1.82) is 0 Å². The molecular formula is C27H28N10O. The normalized spacial score (nSPS) is 18.2. The van der Waals surface area contributed by atoms with Gasteiger partial charge in [0, 0.05) is 56.2 Å². The highest BCUT2D eigenvalue weighted by molar-refractivity contribution is 5.75. The Morgan fingerprint density at radius 3 is 2.68 bits per heavy atom. The van der Waals surface area contributed by atoms with Gasteiger partial charge in [0.2, 0.25) is 5.82 Å². The Kier molecular flexibility index (Phi) is 6.13. The summed E-state index contributed by atoms with van der Waals surface area (Å²) in [6.45, 7) is 2.06. The zero-order chi connectivity index (χ0) is 26.1. The van der Waals surface area contributed by atoms with E-state index in [1.165, 1.54) is 0 Å². The number of hydrogen-bond acceptors (Lipinski definition) is 10. The predicted molar refractivity (Wildman–Crippen MR) is 146 cm³/mol. The van der Waals surface area contributed by atoms with Crippen LogP contribution in [0, 0.1) is 11.8 Å². The molecule has 0 amide bonds. The fourth-order valence-electron chi connectivity index (χ4n) is 5.26. The van der Waals surface area contributed by atoms with Gasteiger partial charge in [-0.25, -0.2) is 9.97 Å². The number of phenols is 1. The van der Waals surface area contributed by atoms with Crippen molar-refractivity contribution >= 4 is 23.1 Å². The quantitative estimate of drug-likeness (QED) is 0.345. The van der Waals surface area contributed by atoms with Gasteiger partial charge < -0.3 is 26.0 Å². The van der Waals surface area contributed by atoms with E-state index in [0.29, 0.717) is 29.4 Å². The van der Waals surface area contributed by atoms with E-state index in [2.05, 4.69) is 47.2 Å². The second-order valence-electron chi connectivity index (χ2n) is 9.48. The number of nitrogens with zero attached hydrogens (tertiary/aromatic N) is 8. The third-order valence-electron chi connectivity index (χ3n) is 6.98. The number of benzene rings is 1. The van der Waals surface area contributed by atoms with E-state index in [1.807, 2.05) is 43.6 Å². The molecule has 0 aliphatic carbocycles. The summed E-state index contributed by atoms with van der Waals surface area (Å²) in [6.07, 6.45) is 5.73. The third kappa shape index (κ3) is 4.64. The van der Waals surface area contributed by atoms with Gasteiger partial charge in [-0.15, -0.1) is 10.2 Å². The molecule has 2 atom stereocenters. The van der Waals surface area contributed by atoms with Crippen LogP contribution < -0.4 is 20.9 Å². The average Bonchev–Trinajstić information content (AvgIpc) is 3.46. The molecule has 1 aromatic carbocycles. The van der Waals surface area contributed by atoms with Crippen LogP contribution in [0.4, 0.5) is 23.1 Å². The maximum atomic E-state index is 10.3. The minimum absolute atomic E-state index is 0.167. The first-order valence-electron chi connectivity index (χ1n) is 12.6. The van der Waals surface area contributed by atoms with Gasteiger partial charge in [0.05, 0.1) is 17.9 Å². The van der Waals surface area contributed by atoms with Crippen molar-refractivity contribution in [2.75, 3.05) is 40.5 Å². The van der Waals surface area contributed by atoms with Gasteiger partial charge in [-0.1, -0.05) is 18.1 Å². The molecule has 11 nitrogen and oxygen atoms in total. The summed E-state index contributed by atoms with van der Waals surface area (Å²) >= 11 is 0. The smallest absolute Gasteiger partial charge is 0.206 e. The number of piperazine rings is 1. The van der Waals surface area contributed by atoms with Crippen molar-refractivity contribution in [2.45, 2.75) is 24.9 Å². The summed E-state index contributed by atoms with van der Waals surface area (Å²) in [6, 6.07) is 13.4. The van der Waals surface area contributed by atoms with Gasteiger partial charge in [-0.05, 0) is 43.0 Å². The Morgan fingerprint density at radius 2 is 1.92 bits per heavy atom. The zero-order valence-corrected chi connectivity index (χ0v) is 21.0. The van der Waals surface area contributed by atoms with Crippen LogP contribution >= 0.6 is 0 Å². The second-order valence-corrected chi connectivity index (χ2v) is 9.48. The van der Waals surface area contributed by atoms with E-state index in [9.17, 15) is 5.11 Å². The van der Waals surface area contributed by atoms with Gasteiger partial charge in [0.1, 0.15) is 17.4 Å². The number of para-hydroxylation sites is 1. The lowest BCUT2D eigenvalue weighted by Crippen LogP contribution is -2.54. The molecule has 2 saturated heterocycles. The summed E-state index contributed by atoms with van der Waals surface area (Å²) < 4.78 is 1.74. The van der Waals surface area contributed by atoms with Crippen LogP contribution in [-0.2, 0) is 7.05 Å². The molecule has 4 N–H and O–H groups in total. The van der Waals surface area contributed by atoms with Crippen LogP contribution in [0.5, 0.6) is 5.75 Å². The molecule has 5 heterocycles. The number of aryl methyl sites for hydroxylation is 1. The molecule has 3 aromatic heterocycles. The predicted octanol–water partition coefficient (Wildman–Crippen LogP) is 2.28. The second kappa shape index (κ2) is 9.89. The van der Waals surface area contributed by atoms with Crippen molar-refractivity contribution in [1.82, 2.24) is 29.9 Å². The summed E-state index contributed by atoms with van der Waals surface area (Å²) in [5.41, 5.74) is 8.41. The molecule has 38 heavy (non-hydrogen) atoms. The van der Waals surface area contributed by atoms with Gasteiger partial charge in [0.25, 0.3) is 0 Å². The number of nitrogens with one attached hydrogen (secondary N) is 1. The minimum atomic E-state index is 0.167. The number of aromatic nitrogens is 6. The highest BCUT2D eigenvalue weighted by atomic mass is 16.3. The van der Waals surface area contributed by atoms with Crippen LogP contribution in [0.1, 0.15) is 18.7 Å². The van der Waals surface area contributed by atoms with Crippen molar-refractivity contribution in [2.24, 2.45) is 7.05 Å². The Bertz CT molecular complexity index is 1510. The van der Waals surface area contributed by atoms with Crippen LogP contribution in [0.15, 0.2) is 54.9 Å². The summed E-state index contributed by atoms with van der Waals surface area (Å²) in [5.74, 6) is 8.83. The first-order valence-corrected chi connectivity index (χ1v) is 12.6. The number of nitrogens with two attached hydrogens (primary N) is 1. The number of phenolic OH excluding ortho intramolecular Hbond substituents is 1. The van der Waals surface area contributed by atoms with Crippen molar-refractivity contribution in [3.63, 3.8) is 0 Å². The van der Waals surface area contributed by atoms with Gasteiger partial charge in [0.15, 0.2) is 5.82 Å². The molecule has 6 rings (SSSR count). The fraction of sp³-hybridized carbons (Fsp3) is 0.296. The molecule has 2 unspecified atom stereocenters. The van der Waals surface area contributed by atoms with Crippen LogP contribution in [-0.4, -0.2) is 66.8 Å². The highest BCUT2D eigenvalue weighted by Gasteiger charge is 2.41. The molecule has 4 aromatic rings. The van der Waals surface area contributed by atoms with Crippen molar-refractivity contribution < 1.29 is 5.11 Å². The summed E-state index contributed by atoms with van der Waals surface area (Å²) in [7, 11) is 1.87. The van der Waals surface area contributed by atoms with Crippen molar-refractivity contribution in [3.05, 3.63) is 60.7 Å². The van der Waals surface area contributed by atoms with Crippen molar-refractivity contribution in [3.8, 4) is 28.8 Å². The molecular weight excluding hydrogens is 480 g/mol. The number of rotatable bonds is 5. The topological polar surface area (TPSA) is 134 Å². The average molecular weight is 509 g/mol. The molecule has 0 saturated carbocycles. The maximum absolute atomic E-state index is 10.3. The molecule has 2 fully saturated rings. The molecule has 2 aliphatic heterocycles. The molecule has 0 radical (unpaired) electrons. The number of anilines is 4. The lowest BCUT2D eigenvalue weighted by atomic mass is 10.1. The minimum Gasteiger partial charge on any atom is -0.507 e.